The van der Waals surface area contributed by atoms with E-state index in [9.17, 15) is 0 Å². The van der Waals surface area contributed by atoms with E-state index in [0.717, 1.165) is 25.6 Å². The lowest BCUT2D eigenvalue weighted by atomic mass is 10.0. The van der Waals surface area contributed by atoms with E-state index in [-0.39, 0.29) is 0 Å². The number of benzene rings is 1. The Labute approximate surface area is 138 Å². The molecule has 0 radical (unpaired) electrons. The number of hydrogen-bond donors (Lipinski definition) is 1. The van der Waals surface area contributed by atoms with Gasteiger partial charge in [-0.25, -0.2) is 0 Å². The summed E-state index contributed by atoms with van der Waals surface area (Å²) in [6.07, 6.45) is 2.42. The zero-order chi connectivity index (χ0) is 15.4. The van der Waals surface area contributed by atoms with Crippen molar-refractivity contribution in [1.82, 2.24) is 10.2 Å². The second kappa shape index (κ2) is 7.82. The van der Waals surface area contributed by atoms with Gasteiger partial charge in [-0.3, -0.25) is 4.90 Å². The second-order valence-corrected chi connectivity index (χ2v) is 7.41. The van der Waals surface area contributed by atoms with Crippen molar-refractivity contribution in [3.05, 3.63) is 33.8 Å². The number of nitrogens with zero attached hydrogens (tertiary/aromatic N) is 1. The van der Waals surface area contributed by atoms with E-state index in [1.54, 1.807) is 0 Å². The third-order valence-electron chi connectivity index (χ3n) is 4.20. The van der Waals surface area contributed by atoms with Gasteiger partial charge >= 0.3 is 0 Å². The summed E-state index contributed by atoms with van der Waals surface area (Å²) < 4.78 is 0. The van der Waals surface area contributed by atoms with Crippen LogP contribution in [0.25, 0.3) is 0 Å². The molecular weight excluding hydrogens is 303 g/mol. The smallest absolute Gasteiger partial charge is 0.0595 e. The fraction of sp³-hybridized carbons (Fsp3) is 0.647. The molecule has 21 heavy (non-hydrogen) atoms. The minimum Gasteiger partial charge on any atom is -0.313 e. The molecule has 1 fully saturated rings. The molecular formula is C17H26Cl2N2. The first-order valence-electron chi connectivity index (χ1n) is 7.87. The Balaban J connectivity index is 2.05. The van der Waals surface area contributed by atoms with Crippen LogP contribution in [0.2, 0.25) is 10.0 Å². The molecule has 2 rings (SSSR count). The molecule has 118 valence electrons. The SMILES string of the molecule is CC(C)CC1CN(Cc2ccc(Cl)c(Cl)c2)C(C)CCN1. The molecule has 4 heteroatoms. The summed E-state index contributed by atoms with van der Waals surface area (Å²) in [5.74, 6) is 0.725. The van der Waals surface area contributed by atoms with Crippen LogP contribution >= 0.6 is 23.2 Å². The lowest BCUT2D eigenvalue weighted by Crippen LogP contribution is -2.40. The van der Waals surface area contributed by atoms with Gasteiger partial charge in [-0.2, -0.15) is 0 Å². The van der Waals surface area contributed by atoms with Crippen molar-refractivity contribution < 1.29 is 0 Å². The minimum absolute atomic E-state index is 0.581. The van der Waals surface area contributed by atoms with Crippen molar-refractivity contribution in [2.45, 2.75) is 52.2 Å². The van der Waals surface area contributed by atoms with Gasteiger partial charge < -0.3 is 5.32 Å². The lowest BCUT2D eigenvalue weighted by molar-refractivity contribution is 0.189. The highest BCUT2D eigenvalue weighted by Crippen LogP contribution is 2.24. The Hall–Kier alpha value is -0.280. The maximum Gasteiger partial charge on any atom is 0.0595 e. The predicted octanol–water partition coefficient (Wildman–Crippen LogP) is 4.59. The van der Waals surface area contributed by atoms with Crippen LogP contribution in [0.4, 0.5) is 0 Å². The van der Waals surface area contributed by atoms with Crippen LogP contribution < -0.4 is 5.32 Å². The van der Waals surface area contributed by atoms with Gasteiger partial charge in [0.05, 0.1) is 10.0 Å². The Morgan fingerprint density at radius 2 is 2.05 bits per heavy atom. The largest absolute Gasteiger partial charge is 0.313 e. The van der Waals surface area contributed by atoms with E-state index in [0.29, 0.717) is 22.1 Å². The zero-order valence-electron chi connectivity index (χ0n) is 13.2. The Bertz CT molecular complexity index is 462. The van der Waals surface area contributed by atoms with Gasteiger partial charge in [0, 0.05) is 25.2 Å². The van der Waals surface area contributed by atoms with Crippen LogP contribution in [0.15, 0.2) is 18.2 Å². The van der Waals surface area contributed by atoms with Gasteiger partial charge in [-0.05, 0) is 49.9 Å². The van der Waals surface area contributed by atoms with Gasteiger partial charge in [-0.1, -0.05) is 43.1 Å². The molecule has 1 saturated heterocycles. The summed E-state index contributed by atoms with van der Waals surface area (Å²) in [7, 11) is 0. The zero-order valence-corrected chi connectivity index (χ0v) is 14.7. The number of halogens is 2. The van der Waals surface area contributed by atoms with Crippen LogP contribution in [-0.2, 0) is 6.54 Å². The van der Waals surface area contributed by atoms with E-state index in [2.05, 4.69) is 37.1 Å². The minimum atomic E-state index is 0.581. The highest BCUT2D eigenvalue weighted by Gasteiger charge is 2.23. The Kier molecular flexibility index (Phi) is 6.36. The molecule has 0 aliphatic carbocycles. The van der Waals surface area contributed by atoms with Gasteiger partial charge in [-0.15, -0.1) is 0 Å². The summed E-state index contributed by atoms with van der Waals surface area (Å²) in [5, 5.41) is 4.97. The van der Waals surface area contributed by atoms with Gasteiger partial charge in [0.25, 0.3) is 0 Å². The van der Waals surface area contributed by atoms with Gasteiger partial charge in [0.15, 0.2) is 0 Å². The molecule has 2 unspecified atom stereocenters. The fourth-order valence-corrected chi connectivity index (χ4v) is 3.35. The molecule has 1 aliphatic heterocycles. The Morgan fingerprint density at radius 1 is 1.29 bits per heavy atom. The second-order valence-electron chi connectivity index (χ2n) is 6.60. The molecule has 0 amide bonds. The molecule has 2 atom stereocenters. The van der Waals surface area contributed by atoms with Crippen LogP contribution in [-0.4, -0.2) is 30.1 Å². The lowest BCUT2D eigenvalue weighted by Gasteiger charge is -2.29. The highest BCUT2D eigenvalue weighted by atomic mass is 35.5. The van der Waals surface area contributed by atoms with Crippen molar-refractivity contribution in [2.75, 3.05) is 13.1 Å². The topological polar surface area (TPSA) is 15.3 Å². The standard InChI is InChI=1S/C17H26Cl2N2/c1-12(2)8-15-11-21(13(3)6-7-20-15)10-14-4-5-16(18)17(19)9-14/h4-5,9,12-13,15,20H,6-8,10-11H2,1-3H3. The van der Waals surface area contributed by atoms with Crippen molar-refractivity contribution in [3.8, 4) is 0 Å². The normalized spacial score (nSPS) is 24.3. The summed E-state index contributed by atoms with van der Waals surface area (Å²) in [6.45, 7) is 10.0. The maximum absolute atomic E-state index is 6.13. The van der Waals surface area contributed by atoms with Crippen molar-refractivity contribution in [2.24, 2.45) is 5.92 Å². The summed E-state index contributed by atoms with van der Waals surface area (Å²) in [6, 6.07) is 7.14. The highest BCUT2D eigenvalue weighted by molar-refractivity contribution is 6.42. The van der Waals surface area contributed by atoms with E-state index in [1.165, 1.54) is 18.4 Å². The summed E-state index contributed by atoms with van der Waals surface area (Å²) in [4.78, 5) is 2.56. The summed E-state index contributed by atoms with van der Waals surface area (Å²) in [5.41, 5.74) is 1.24. The van der Waals surface area contributed by atoms with Crippen LogP contribution in [0.1, 0.15) is 39.2 Å². The summed E-state index contributed by atoms with van der Waals surface area (Å²) >= 11 is 12.1. The van der Waals surface area contributed by atoms with Crippen molar-refractivity contribution in [3.63, 3.8) is 0 Å². The van der Waals surface area contributed by atoms with Crippen LogP contribution in [0.5, 0.6) is 0 Å². The van der Waals surface area contributed by atoms with Gasteiger partial charge in [0.2, 0.25) is 0 Å². The third-order valence-corrected chi connectivity index (χ3v) is 4.94. The van der Waals surface area contributed by atoms with Crippen LogP contribution in [0.3, 0.4) is 0 Å². The van der Waals surface area contributed by atoms with Crippen molar-refractivity contribution in [1.29, 1.82) is 0 Å². The van der Waals surface area contributed by atoms with Crippen molar-refractivity contribution >= 4 is 23.2 Å². The third kappa shape index (κ3) is 5.14. The first kappa shape index (κ1) is 17.1. The average molecular weight is 329 g/mol. The number of rotatable bonds is 4. The van der Waals surface area contributed by atoms with Gasteiger partial charge in [0.1, 0.15) is 0 Å². The average Bonchev–Trinajstić information content (AvgIpc) is 2.56. The maximum atomic E-state index is 6.13. The molecule has 1 aromatic rings. The van der Waals surface area contributed by atoms with Crippen LogP contribution in [0, 0.1) is 5.92 Å². The van der Waals surface area contributed by atoms with E-state index >= 15 is 0 Å². The molecule has 0 saturated carbocycles. The molecule has 0 spiro atoms. The van der Waals surface area contributed by atoms with E-state index < -0.39 is 0 Å². The molecule has 1 aliphatic rings. The molecule has 1 N–H and O–H groups in total. The first-order chi connectivity index (χ1) is 9.95. The number of nitrogens with one attached hydrogen (secondary N) is 1. The first-order valence-corrected chi connectivity index (χ1v) is 8.62. The molecule has 0 bridgehead atoms. The number of hydrogen-bond acceptors (Lipinski definition) is 2. The van der Waals surface area contributed by atoms with E-state index in [4.69, 9.17) is 23.2 Å². The van der Waals surface area contributed by atoms with E-state index in [1.807, 2.05) is 12.1 Å². The molecule has 1 aromatic carbocycles. The predicted molar refractivity (Wildman–Crippen MR) is 92.2 cm³/mol. The molecule has 1 heterocycles. The fourth-order valence-electron chi connectivity index (χ4n) is 3.03. The quantitative estimate of drug-likeness (QED) is 0.869. The molecule has 2 nitrogen and oxygen atoms in total. The Morgan fingerprint density at radius 3 is 2.71 bits per heavy atom. The monoisotopic (exact) mass is 328 g/mol. The molecule has 0 aromatic heterocycles.